The second kappa shape index (κ2) is 2.91. The van der Waals surface area contributed by atoms with Crippen LogP contribution in [0.4, 0.5) is 8.78 Å². The summed E-state index contributed by atoms with van der Waals surface area (Å²) >= 11 is 0. The summed E-state index contributed by atoms with van der Waals surface area (Å²) in [7, 11) is 2.07. The summed E-state index contributed by atoms with van der Waals surface area (Å²) in [6.45, 7) is 5.22. The topological polar surface area (TPSA) is 3.24 Å². The molecule has 0 N–H and O–H groups in total. The third-order valence-corrected chi connectivity index (χ3v) is 3.83. The lowest BCUT2D eigenvalue weighted by Gasteiger charge is -2.44. The molecule has 1 unspecified atom stereocenters. The van der Waals surface area contributed by atoms with E-state index in [2.05, 4.69) is 25.8 Å². The van der Waals surface area contributed by atoms with E-state index in [0.717, 1.165) is 13.0 Å². The van der Waals surface area contributed by atoms with E-state index in [1.54, 1.807) is 0 Å². The molecule has 2 rings (SSSR count). The van der Waals surface area contributed by atoms with Gasteiger partial charge in [-0.05, 0) is 24.8 Å². The van der Waals surface area contributed by atoms with E-state index < -0.39 is 5.92 Å². The van der Waals surface area contributed by atoms with E-state index in [9.17, 15) is 8.78 Å². The summed E-state index contributed by atoms with van der Waals surface area (Å²) in [5, 5.41) is 0. The van der Waals surface area contributed by atoms with Crippen molar-refractivity contribution >= 4 is 0 Å². The van der Waals surface area contributed by atoms with Crippen LogP contribution in [0.25, 0.3) is 0 Å². The second-order valence-electron chi connectivity index (χ2n) is 5.64. The van der Waals surface area contributed by atoms with Crippen molar-refractivity contribution in [2.75, 3.05) is 13.6 Å². The molecule has 1 spiro atoms. The molecule has 1 aliphatic heterocycles. The van der Waals surface area contributed by atoms with Crippen LogP contribution in [0.2, 0.25) is 0 Å². The average Bonchev–Trinajstić information content (AvgIpc) is 2.24. The van der Waals surface area contributed by atoms with E-state index in [1.165, 1.54) is 0 Å². The summed E-state index contributed by atoms with van der Waals surface area (Å²) in [6, 6.07) is 0.506. The minimum atomic E-state index is -2.37. The fraction of sp³-hybridized carbons (Fsp3) is 1.00. The molecule has 1 saturated carbocycles. The highest BCUT2D eigenvalue weighted by Crippen LogP contribution is 2.58. The second-order valence-corrected chi connectivity index (χ2v) is 5.64. The molecule has 1 atom stereocenters. The predicted molar refractivity (Wildman–Crippen MR) is 52.5 cm³/mol. The van der Waals surface area contributed by atoms with Gasteiger partial charge in [-0.25, -0.2) is 8.78 Å². The van der Waals surface area contributed by atoms with Crippen molar-refractivity contribution in [1.82, 2.24) is 4.90 Å². The average molecular weight is 203 g/mol. The Morgan fingerprint density at radius 3 is 2.21 bits per heavy atom. The van der Waals surface area contributed by atoms with Gasteiger partial charge in [0.1, 0.15) is 0 Å². The van der Waals surface area contributed by atoms with Crippen LogP contribution in [0.15, 0.2) is 0 Å². The van der Waals surface area contributed by atoms with Gasteiger partial charge in [0, 0.05) is 25.4 Å². The summed E-state index contributed by atoms with van der Waals surface area (Å²) in [5.74, 6) is -1.79. The lowest BCUT2D eigenvalue weighted by atomic mass is 9.64. The molecule has 3 heteroatoms. The highest BCUT2D eigenvalue weighted by atomic mass is 19.3. The van der Waals surface area contributed by atoms with Crippen LogP contribution >= 0.6 is 0 Å². The molecular formula is C11H19F2N. The first-order valence-corrected chi connectivity index (χ1v) is 5.42. The summed E-state index contributed by atoms with van der Waals surface area (Å²) in [6.07, 6.45) is 1.21. The number of hydrogen-bond donors (Lipinski definition) is 0. The first-order chi connectivity index (χ1) is 6.34. The van der Waals surface area contributed by atoms with Crippen LogP contribution in [0.3, 0.4) is 0 Å². The molecule has 0 aromatic heterocycles. The van der Waals surface area contributed by atoms with Crippen molar-refractivity contribution in [2.24, 2.45) is 11.3 Å². The predicted octanol–water partition coefficient (Wildman–Crippen LogP) is 2.76. The van der Waals surface area contributed by atoms with Gasteiger partial charge in [-0.2, -0.15) is 0 Å². The third kappa shape index (κ3) is 1.56. The largest absolute Gasteiger partial charge is 0.303 e. The highest BCUT2D eigenvalue weighted by Gasteiger charge is 2.60. The van der Waals surface area contributed by atoms with E-state index >= 15 is 0 Å². The molecule has 0 aromatic rings. The van der Waals surface area contributed by atoms with Crippen molar-refractivity contribution in [1.29, 1.82) is 0 Å². The van der Waals surface area contributed by atoms with Crippen LogP contribution in [-0.4, -0.2) is 30.5 Å². The van der Waals surface area contributed by atoms with Gasteiger partial charge in [-0.1, -0.05) is 13.8 Å². The maximum atomic E-state index is 12.9. The van der Waals surface area contributed by atoms with E-state index in [4.69, 9.17) is 0 Å². The zero-order chi connectivity index (χ0) is 10.6. The Balaban J connectivity index is 2.01. The van der Waals surface area contributed by atoms with Gasteiger partial charge in [-0.15, -0.1) is 0 Å². The highest BCUT2D eigenvalue weighted by molar-refractivity contribution is 5.06. The lowest BCUT2D eigenvalue weighted by molar-refractivity contribution is -0.155. The number of alkyl halides is 2. The molecule has 2 fully saturated rings. The van der Waals surface area contributed by atoms with E-state index in [1.807, 2.05) is 0 Å². The Morgan fingerprint density at radius 1 is 1.29 bits per heavy atom. The van der Waals surface area contributed by atoms with Crippen molar-refractivity contribution in [3.63, 3.8) is 0 Å². The maximum Gasteiger partial charge on any atom is 0.249 e. The number of rotatable bonds is 1. The zero-order valence-electron chi connectivity index (χ0n) is 9.19. The standard InChI is InChI=1S/C11H19F2N/c1-8(2)9-4-10(7-14(9)3)5-11(12,13)6-10/h8-9H,4-7H2,1-3H3. The van der Waals surface area contributed by atoms with Gasteiger partial charge in [0.2, 0.25) is 5.92 Å². The fourth-order valence-corrected chi connectivity index (χ4v) is 3.36. The SMILES string of the molecule is CC(C)C1CC2(CN1C)CC(F)(F)C2. The van der Waals surface area contributed by atoms with Gasteiger partial charge in [0.05, 0.1) is 0 Å². The van der Waals surface area contributed by atoms with Crippen molar-refractivity contribution in [3.05, 3.63) is 0 Å². The van der Waals surface area contributed by atoms with Crippen molar-refractivity contribution in [3.8, 4) is 0 Å². The van der Waals surface area contributed by atoms with Crippen LogP contribution in [0.1, 0.15) is 33.1 Å². The molecule has 2 aliphatic rings. The lowest BCUT2D eigenvalue weighted by Crippen LogP contribution is -2.47. The van der Waals surface area contributed by atoms with E-state index in [0.29, 0.717) is 12.0 Å². The number of hydrogen-bond acceptors (Lipinski definition) is 1. The minimum absolute atomic E-state index is 0.0484. The monoisotopic (exact) mass is 203 g/mol. The first kappa shape index (κ1) is 10.3. The van der Waals surface area contributed by atoms with Crippen LogP contribution < -0.4 is 0 Å². The van der Waals surface area contributed by atoms with Crippen LogP contribution in [-0.2, 0) is 0 Å². The van der Waals surface area contributed by atoms with Gasteiger partial charge < -0.3 is 4.90 Å². The Labute approximate surface area is 84.5 Å². The molecule has 0 aromatic carbocycles. The minimum Gasteiger partial charge on any atom is -0.303 e. The molecule has 0 amide bonds. The fourth-order valence-electron chi connectivity index (χ4n) is 3.36. The quantitative estimate of drug-likeness (QED) is 0.633. The smallest absolute Gasteiger partial charge is 0.249 e. The summed E-state index contributed by atoms with van der Waals surface area (Å²) in [4.78, 5) is 2.26. The molecule has 1 nitrogen and oxygen atoms in total. The molecule has 0 bridgehead atoms. The Bertz CT molecular complexity index is 229. The van der Waals surface area contributed by atoms with Gasteiger partial charge in [0.25, 0.3) is 0 Å². The van der Waals surface area contributed by atoms with Gasteiger partial charge >= 0.3 is 0 Å². The van der Waals surface area contributed by atoms with Gasteiger partial charge in [-0.3, -0.25) is 0 Å². The van der Waals surface area contributed by atoms with Crippen LogP contribution in [0.5, 0.6) is 0 Å². The molecular weight excluding hydrogens is 184 g/mol. The molecule has 14 heavy (non-hydrogen) atoms. The third-order valence-electron chi connectivity index (χ3n) is 3.83. The summed E-state index contributed by atoms with van der Waals surface area (Å²) in [5.41, 5.74) is -0.0484. The Morgan fingerprint density at radius 2 is 1.86 bits per heavy atom. The zero-order valence-corrected chi connectivity index (χ0v) is 9.19. The Hall–Kier alpha value is -0.180. The Kier molecular flexibility index (Phi) is 2.15. The van der Waals surface area contributed by atoms with E-state index in [-0.39, 0.29) is 18.3 Å². The number of nitrogens with zero attached hydrogens (tertiary/aromatic N) is 1. The molecule has 0 radical (unpaired) electrons. The molecule has 1 aliphatic carbocycles. The molecule has 82 valence electrons. The first-order valence-electron chi connectivity index (χ1n) is 5.42. The van der Waals surface area contributed by atoms with Crippen molar-refractivity contribution < 1.29 is 8.78 Å². The van der Waals surface area contributed by atoms with Gasteiger partial charge in [0.15, 0.2) is 0 Å². The number of likely N-dealkylation sites (tertiary alicyclic amines) is 1. The number of halogens is 2. The maximum absolute atomic E-state index is 12.9. The van der Waals surface area contributed by atoms with Crippen LogP contribution in [0, 0.1) is 11.3 Å². The normalized spacial score (nSPS) is 35.1. The molecule has 1 heterocycles. The van der Waals surface area contributed by atoms with Crippen molar-refractivity contribution in [2.45, 2.75) is 45.1 Å². The summed E-state index contributed by atoms with van der Waals surface area (Å²) < 4.78 is 25.7. The molecule has 1 saturated heterocycles.